The number of halogens is 6. The Morgan fingerprint density at radius 2 is 1.72 bits per heavy atom. The molecule has 3 fully saturated rings. The minimum absolute atomic E-state index is 0.0190. The topological polar surface area (TPSA) is 103 Å². The van der Waals surface area contributed by atoms with Gasteiger partial charge in [0.05, 0.1) is 23.0 Å². The van der Waals surface area contributed by atoms with Gasteiger partial charge in [-0.05, 0) is 75.1 Å². The molecule has 1 saturated carbocycles. The van der Waals surface area contributed by atoms with Crippen LogP contribution in [-0.2, 0) is 22.7 Å². The van der Waals surface area contributed by atoms with Crippen LogP contribution in [0, 0.1) is 5.41 Å². The summed E-state index contributed by atoms with van der Waals surface area (Å²) >= 11 is 2.01. The molecule has 3 atom stereocenters. The van der Waals surface area contributed by atoms with Gasteiger partial charge < -0.3 is 24.7 Å². The van der Waals surface area contributed by atoms with Crippen LogP contribution < -0.4 is 4.74 Å². The summed E-state index contributed by atoms with van der Waals surface area (Å²) < 4.78 is 89.9. The number of likely N-dealkylation sites (tertiary alicyclic amines) is 2. The highest BCUT2D eigenvalue weighted by Gasteiger charge is 2.57. The number of pyridine rings is 1. The predicted molar refractivity (Wildman–Crippen MR) is 210 cm³/mol. The number of rotatable bonds is 13. The van der Waals surface area contributed by atoms with Crippen LogP contribution >= 0.6 is 23.1 Å². The molecule has 0 radical (unpaired) electrons. The van der Waals surface area contributed by atoms with E-state index in [-0.39, 0.29) is 73.9 Å². The average Bonchev–Trinajstić information content (AvgIpc) is 3.64. The molecule has 3 aliphatic rings. The van der Waals surface area contributed by atoms with E-state index >= 15 is 4.79 Å². The van der Waals surface area contributed by atoms with Gasteiger partial charge in [0.15, 0.2) is 0 Å². The first-order valence-corrected chi connectivity index (χ1v) is 21.4. The Bertz CT molecular complexity index is 1960. The van der Waals surface area contributed by atoms with Crippen molar-refractivity contribution in [3.8, 4) is 5.75 Å². The zero-order valence-electron chi connectivity index (χ0n) is 32.5. The molecule has 0 bridgehead atoms. The summed E-state index contributed by atoms with van der Waals surface area (Å²) in [6, 6.07) is 9.00. The molecule has 3 aromatic rings. The molecular formula is C42H49F6N3O5S2. The number of nitrogens with zero attached hydrogens (tertiary/aromatic N) is 3. The van der Waals surface area contributed by atoms with E-state index in [1.165, 1.54) is 4.90 Å². The molecule has 0 spiro atoms. The van der Waals surface area contributed by atoms with Gasteiger partial charge in [-0.3, -0.25) is 14.6 Å². The van der Waals surface area contributed by atoms with Crippen molar-refractivity contribution in [3.05, 3.63) is 88.1 Å². The van der Waals surface area contributed by atoms with Crippen LogP contribution in [0.25, 0.3) is 0 Å². The van der Waals surface area contributed by atoms with E-state index in [9.17, 15) is 41.4 Å². The van der Waals surface area contributed by atoms with Crippen molar-refractivity contribution in [1.29, 1.82) is 0 Å². The van der Waals surface area contributed by atoms with Crippen LogP contribution in [0.4, 0.5) is 26.3 Å². The minimum atomic E-state index is -4.91. The van der Waals surface area contributed by atoms with E-state index < -0.39 is 57.5 Å². The highest BCUT2D eigenvalue weighted by Crippen LogP contribution is 2.51. The number of thioether (sulfide) groups is 1. The second-order valence-corrected chi connectivity index (χ2v) is 18.2. The van der Waals surface area contributed by atoms with Crippen molar-refractivity contribution in [2.75, 3.05) is 19.6 Å². The normalized spacial score (nSPS) is 22.5. The number of hydrogen-bond acceptors (Lipinski definition) is 8. The Kier molecular flexibility index (Phi) is 12.9. The van der Waals surface area contributed by atoms with Crippen LogP contribution in [-0.4, -0.2) is 73.3 Å². The van der Waals surface area contributed by atoms with Crippen molar-refractivity contribution < 1.29 is 50.9 Å². The summed E-state index contributed by atoms with van der Waals surface area (Å²) in [5.74, 6) is -1.68. The van der Waals surface area contributed by atoms with Crippen LogP contribution in [0.5, 0.6) is 5.75 Å². The number of ether oxygens (including phenoxy) is 1. The highest BCUT2D eigenvalue weighted by atomic mass is 32.2. The van der Waals surface area contributed by atoms with Crippen molar-refractivity contribution >= 4 is 34.9 Å². The number of carbonyl (C=O) groups excluding carboxylic acids is 2. The number of aliphatic hydroxyl groups excluding tert-OH is 1. The summed E-state index contributed by atoms with van der Waals surface area (Å²) in [6.07, 6.45) is -3.22. The minimum Gasteiger partial charge on any atom is -0.512 e. The van der Waals surface area contributed by atoms with E-state index in [2.05, 4.69) is 18.5 Å². The smallest absolute Gasteiger partial charge is 0.425 e. The fourth-order valence-electron chi connectivity index (χ4n) is 8.69. The summed E-state index contributed by atoms with van der Waals surface area (Å²) in [7, 11) is 0. The maximum absolute atomic E-state index is 15.0. The second-order valence-electron chi connectivity index (χ2n) is 15.8. The third-order valence-corrected chi connectivity index (χ3v) is 14.3. The third kappa shape index (κ3) is 8.89. The van der Waals surface area contributed by atoms with Gasteiger partial charge in [-0.15, -0.1) is 23.1 Å². The lowest BCUT2D eigenvalue weighted by molar-refractivity contribution is -0.163. The Morgan fingerprint density at radius 1 is 1.02 bits per heavy atom. The fourth-order valence-corrected chi connectivity index (χ4v) is 10.6. The molecule has 4 heterocycles. The zero-order valence-corrected chi connectivity index (χ0v) is 34.1. The van der Waals surface area contributed by atoms with Crippen molar-refractivity contribution in [2.45, 2.75) is 124 Å². The Morgan fingerprint density at radius 3 is 2.33 bits per heavy atom. The third-order valence-electron chi connectivity index (χ3n) is 12.1. The summed E-state index contributed by atoms with van der Waals surface area (Å²) in [5, 5.41) is 23.7. The molecule has 316 valence electrons. The molecule has 2 N–H and O–H groups in total. The summed E-state index contributed by atoms with van der Waals surface area (Å²) in [6.45, 7) is 7.73. The number of piperidine rings is 2. The number of allylic oxidation sites excluding steroid dienone is 1. The van der Waals surface area contributed by atoms with Crippen LogP contribution in [0.2, 0.25) is 0 Å². The van der Waals surface area contributed by atoms with Gasteiger partial charge in [-0.25, -0.2) is 0 Å². The number of hydrogen-bond donors (Lipinski definition) is 2. The Balaban J connectivity index is 1.27. The van der Waals surface area contributed by atoms with E-state index in [4.69, 9.17) is 4.74 Å². The van der Waals surface area contributed by atoms with Gasteiger partial charge in [-0.1, -0.05) is 51.5 Å². The molecule has 2 aliphatic heterocycles. The first kappa shape index (κ1) is 43.8. The van der Waals surface area contributed by atoms with Gasteiger partial charge in [0.25, 0.3) is 11.8 Å². The molecule has 58 heavy (non-hydrogen) atoms. The lowest BCUT2D eigenvalue weighted by atomic mass is 9.65. The summed E-state index contributed by atoms with van der Waals surface area (Å²) in [5.41, 5.74) is -4.90. The molecule has 0 unspecified atom stereocenters. The highest BCUT2D eigenvalue weighted by molar-refractivity contribution is 8.00. The Hall–Kier alpha value is -3.76. The number of benzene rings is 1. The maximum atomic E-state index is 15.0. The predicted octanol–water partition coefficient (Wildman–Crippen LogP) is 10.4. The number of aromatic nitrogens is 1. The molecule has 2 amide bonds. The molecule has 1 aromatic carbocycles. The van der Waals surface area contributed by atoms with E-state index in [0.717, 1.165) is 71.7 Å². The Labute approximate surface area is 342 Å². The number of thiophene rings is 1. The van der Waals surface area contributed by atoms with Gasteiger partial charge in [0.2, 0.25) is 5.60 Å². The fraction of sp³-hybridized carbons (Fsp3) is 0.548. The number of carbonyl (C=O) groups is 2. The summed E-state index contributed by atoms with van der Waals surface area (Å²) in [4.78, 5) is 35.5. The van der Waals surface area contributed by atoms with E-state index in [1.54, 1.807) is 18.7 Å². The molecule has 8 nitrogen and oxygen atoms in total. The standard InChI is InChI=1S/C42H49F6N3O5S2/c1-4-10-33-40(56-29-25-34(57-26-29)42(46,47)48,17-9-22-51(33)36(53)35-31(41(43,44)45)12-7-21-49-35)37(54)50-23-19-39(55,20-24-50)30-11-5-6-13-32(30)58-27(2)14-18-38(28(3)52)15-8-16-38/h5-7,11-13,21,25-27,33,52,55H,3-4,8-10,14-20,22-24H2,1-2H3/t27-,33-,40+/m1/s1. The monoisotopic (exact) mass is 853 g/mol. The molecule has 2 saturated heterocycles. The first-order chi connectivity index (χ1) is 27.3. The quantitative estimate of drug-likeness (QED) is 0.100. The van der Waals surface area contributed by atoms with Crippen molar-refractivity contribution in [2.24, 2.45) is 5.41 Å². The second kappa shape index (κ2) is 17.1. The lowest BCUT2D eigenvalue weighted by Crippen LogP contribution is -2.68. The largest absolute Gasteiger partial charge is 0.512 e. The van der Waals surface area contributed by atoms with Crippen molar-refractivity contribution in [3.63, 3.8) is 0 Å². The van der Waals surface area contributed by atoms with Gasteiger partial charge in [-0.2, -0.15) is 26.3 Å². The number of amides is 2. The van der Waals surface area contributed by atoms with Crippen molar-refractivity contribution in [1.82, 2.24) is 14.8 Å². The number of alkyl halides is 6. The van der Waals surface area contributed by atoms with Crippen LogP contribution in [0.1, 0.15) is 111 Å². The van der Waals surface area contributed by atoms with E-state index in [1.807, 2.05) is 24.3 Å². The first-order valence-electron chi connectivity index (χ1n) is 19.7. The molecule has 2 aromatic heterocycles. The van der Waals surface area contributed by atoms with Gasteiger partial charge in [0, 0.05) is 59.3 Å². The zero-order chi connectivity index (χ0) is 42.1. The molecule has 6 rings (SSSR count). The lowest BCUT2D eigenvalue weighted by Gasteiger charge is -2.51. The van der Waals surface area contributed by atoms with Crippen LogP contribution in [0.15, 0.2) is 71.3 Å². The SMILES string of the molecule is C=C(O)C1(CC[C@@H](C)Sc2ccccc2C2(O)CCN(C(=O)[C@]3(Oc4csc(C(F)(F)F)c4)CCCN(C(=O)c4ncccc4C(F)(F)F)[C@@H]3CCC)CC2)CCC1. The maximum Gasteiger partial charge on any atom is 0.425 e. The van der Waals surface area contributed by atoms with Crippen LogP contribution in [0.3, 0.4) is 0 Å². The van der Waals surface area contributed by atoms with Gasteiger partial charge in [0.1, 0.15) is 16.3 Å². The molecular weight excluding hydrogens is 805 g/mol. The average molecular weight is 854 g/mol. The van der Waals surface area contributed by atoms with E-state index in [0.29, 0.717) is 23.3 Å². The van der Waals surface area contributed by atoms with Gasteiger partial charge >= 0.3 is 12.4 Å². The number of aliphatic hydroxyl groups is 2. The molecule has 1 aliphatic carbocycles. The molecule has 16 heteroatoms.